The summed E-state index contributed by atoms with van der Waals surface area (Å²) >= 11 is 1.56. The van der Waals surface area contributed by atoms with Crippen molar-refractivity contribution in [2.24, 2.45) is 0 Å². The molecule has 1 atom stereocenters. The van der Waals surface area contributed by atoms with Gasteiger partial charge in [-0.05, 0) is 50.7 Å². The van der Waals surface area contributed by atoms with Crippen molar-refractivity contribution in [3.63, 3.8) is 0 Å². The van der Waals surface area contributed by atoms with Crippen molar-refractivity contribution in [3.8, 4) is 0 Å². The molecule has 0 fully saturated rings. The van der Waals surface area contributed by atoms with E-state index in [9.17, 15) is 4.79 Å². The number of benzene rings is 1. The first-order chi connectivity index (χ1) is 15.5. The number of aromatic nitrogens is 5. The number of hydrogen-bond donors (Lipinski definition) is 0. The van der Waals surface area contributed by atoms with E-state index in [1.54, 1.807) is 28.4 Å². The van der Waals surface area contributed by atoms with Gasteiger partial charge in [0.1, 0.15) is 5.65 Å². The Morgan fingerprint density at radius 3 is 2.59 bits per heavy atom. The van der Waals surface area contributed by atoms with E-state index in [-0.39, 0.29) is 11.6 Å². The second-order valence-electron chi connectivity index (χ2n) is 8.11. The third-order valence-electron chi connectivity index (χ3n) is 5.46. The smallest absolute Gasteiger partial charge is 0.258 e. The fraction of sp³-hybridized carbons (Fsp3) is 0.333. The van der Waals surface area contributed by atoms with Gasteiger partial charge < -0.3 is 4.57 Å². The van der Waals surface area contributed by atoms with Crippen LogP contribution in [0.2, 0.25) is 0 Å². The lowest BCUT2D eigenvalue weighted by molar-refractivity contribution is 0.272. The minimum Gasteiger partial charge on any atom is -0.300 e. The molecule has 4 aromatic rings. The SMILES string of the molecule is CC[C@@H](c1nnc(SCc2cc(=O)n3ccc(C)cc3n2)n1Cc1ccccc1)N(C)C. The van der Waals surface area contributed by atoms with Crippen LogP contribution in [0, 0.1) is 6.92 Å². The van der Waals surface area contributed by atoms with Crippen LogP contribution < -0.4 is 5.56 Å². The molecule has 0 spiro atoms. The van der Waals surface area contributed by atoms with Crippen molar-refractivity contribution < 1.29 is 0 Å². The van der Waals surface area contributed by atoms with Crippen LogP contribution >= 0.6 is 11.8 Å². The Bertz CT molecular complexity index is 1260. The van der Waals surface area contributed by atoms with E-state index in [1.807, 2.05) is 37.3 Å². The molecule has 0 amide bonds. The van der Waals surface area contributed by atoms with Crippen molar-refractivity contribution in [1.29, 1.82) is 0 Å². The van der Waals surface area contributed by atoms with Gasteiger partial charge in [0.2, 0.25) is 0 Å². The standard InChI is InChI=1S/C24H28N6OS/c1-5-20(28(3)4)23-26-27-24(30(23)15-18-9-7-6-8-10-18)32-16-19-14-22(31)29-12-11-17(2)13-21(29)25-19/h6-14,20H,5,15-16H2,1-4H3/t20-/m0/s1. The summed E-state index contributed by atoms with van der Waals surface area (Å²) in [4.78, 5) is 19.4. The first kappa shape index (κ1) is 22.2. The second-order valence-corrected chi connectivity index (χ2v) is 9.05. The summed E-state index contributed by atoms with van der Waals surface area (Å²) in [5.74, 6) is 1.50. The normalized spacial score (nSPS) is 12.5. The molecule has 0 aliphatic carbocycles. The molecule has 0 aliphatic rings. The third kappa shape index (κ3) is 4.76. The summed E-state index contributed by atoms with van der Waals surface area (Å²) in [7, 11) is 4.13. The Morgan fingerprint density at radius 1 is 1.09 bits per heavy atom. The highest BCUT2D eigenvalue weighted by Gasteiger charge is 2.22. The molecule has 3 aromatic heterocycles. The molecule has 0 radical (unpaired) electrons. The molecule has 0 N–H and O–H groups in total. The maximum Gasteiger partial charge on any atom is 0.258 e. The molecule has 3 heterocycles. The number of pyridine rings is 1. The summed E-state index contributed by atoms with van der Waals surface area (Å²) in [6.07, 6.45) is 2.71. The molecule has 4 rings (SSSR count). The van der Waals surface area contributed by atoms with Crippen LogP contribution in [-0.4, -0.2) is 43.1 Å². The van der Waals surface area contributed by atoms with Crippen molar-refractivity contribution in [3.05, 3.63) is 87.7 Å². The highest BCUT2D eigenvalue weighted by Crippen LogP contribution is 2.27. The van der Waals surface area contributed by atoms with Crippen LogP contribution in [0.25, 0.3) is 5.65 Å². The quantitative estimate of drug-likeness (QED) is 0.380. The van der Waals surface area contributed by atoms with Crippen LogP contribution in [-0.2, 0) is 12.3 Å². The Labute approximate surface area is 192 Å². The molecule has 1 aromatic carbocycles. The van der Waals surface area contributed by atoms with Crippen LogP contribution in [0.3, 0.4) is 0 Å². The van der Waals surface area contributed by atoms with Gasteiger partial charge in [-0.3, -0.25) is 14.1 Å². The topological polar surface area (TPSA) is 68.3 Å². The zero-order chi connectivity index (χ0) is 22.7. The molecule has 0 saturated heterocycles. The predicted molar refractivity (Wildman–Crippen MR) is 128 cm³/mol. The predicted octanol–water partition coefficient (Wildman–Crippen LogP) is 3.95. The van der Waals surface area contributed by atoms with E-state index in [0.29, 0.717) is 17.9 Å². The number of rotatable bonds is 8. The van der Waals surface area contributed by atoms with Crippen molar-refractivity contribution >= 4 is 17.4 Å². The maximum absolute atomic E-state index is 12.5. The minimum atomic E-state index is -0.0734. The first-order valence-corrected chi connectivity index (χ1v) is 11.7. The Balaban J connectivity index is 1.65. The molecule has 7 nitrogen and oxygen atoms in total. The van der Waals surface area contributed by atoms with E-state index in [4.69, 9.17) is 0 Å². The highest BCUT2D eigenvalue weighted by molar-refractivity contribution is 7.98. The van der Waals surface area contributed by atoms with Crippen LogP contribution in [0.1, 0.15) is 42.0 Å². The number of nitrogens with zero attached hydrogens (tertiary/aromatic N) is 6. The fourth-order valence-corrected chi connectivity index (χ4v) is 4.65. The summed E-state index contributed by atoms with van der Waals surface area (Å²) in [6.45, 7) is 4.85. The summed E-state index contributed by atoms with van der Waals surface area (Å²) < 4.78 is 3.76. The highest BCUT2D eigenvalue weighted by atomic mass is 32.2. The van der Waals surface area contributed by atoms with Crippen LogP contribution in [0.5, 0.6) is 0 Å². The van der Waals surface area contributed by atoms with Crippen LogP contribution in [0.15, 0.2) is 64.7 Å². The first-order valence-electron chi connectivity index (χ1n) is 10.7. The fourth-order valence-electron chi connectivity index (χ4n) is 3.81. The largest absolute Gasteiger partial charge is 0.300 e. The number of thioether (sulfide) groups is 1. The lowest BCUT2D eigenvalue weighted by Crippen LogP contribution is -2.23. The lowest BCUT2D eigenvalue weighted by Gasteiger charge is -2.23. The monoisotopic (exact) mass is 448 g/mol. The van der Waals surface area contributed by atoms with E-state index in [0.717, 1.165) is 28.7 Å². The van der Waals surface area contributed by atoms with Crippen LogP contribution in [0.4, 0.5) is 0 Å². The Morgan fingerprint density at radius 2 is 1.88 bits per heavy atom. The third-order valence-corrected chi connectivity index (χ3v) is 6.46. The van der Waals surface area contributed by atoms with Gasteiger partial charge in [-0.2, -0.15) is 0 Å². The van der Waals surface area contributed by atoms with Gasteiger partial charge in [-0.15, -0.1) is 10.2 Å². The van der Waals surface area contributed by atoms with Gasteiger partial charge in [0.05, 0.1) is 18.3 Å². The summed E-state index contributed by atoms with van der Waals surface area (Å²) in [5.41, 5.74) is 3.60. The summed E-state index contributed by atoms with van der Waals surface area (Å²) in [5, 5.41) is 9.91. The second kappa shape index (κ2) is 9.67. The van der Waals surface area contributed by atoms with Crippen molar-refractivity contribution in [2.75, 3.05) is 14.1 Å². The van der Waals surface area contributed by atoms with Gasteiger partial charge in [0.15, 0.2) is 11.0 Å². The zero-order valence-corrected chi connectivity index (χ0v) is 19.7. The molecule has 0 bridgehead atoms. The van der Waals surface area contributed by atoms with E-state index in [2.05, 4.69) is 57.8 Å². The van der Waals surface area contributed by atoms with Gasteiger partial charge in [-0.1, -0.05) is 49.0 Å². The Hall–Kier alpha value is -2.97. The zero-order valence-electron chi connectivity index (χ0n) is 18.9. The number of hydrogen-bond acceptors (Lipinski definition) is 6. The van der Waals surface area contributed by atoms with Gasteiger partial charge in [0.25, 0.3) is 5.56 Å². The molecule has 0 unspecified atom stereocenters. The minimum absolute atomic E-state index is 0.0734. The van der Waals surface area contributed by atoms with E-state index >= 15 is 0 Å². The molecule has 166 valence electrons. The summed E-state index contributed by atoms with van der Waals surface area (Å²) in [6, 6.07) is 15.9. The lowest BCUT2D eigenvalue weighted by atomic mass is 10.2. The molecule has 0 aliphatic heterocycles. The van der Waals surface area contributed by atoms with Gasteiger partial charge >= 0.3 is 0 Å². The van der Waals surface area contributed by atoms with Crippen molar-refractivity contribution in [2.45, 2.75) is 43.8 Å². The maximum atomic E-state index is 12.5. The number of fused-ring (bicyclic) bond motifs is 1. The Kier molecular flexibility index (Phi) is 6.72. The van der Waals surface area contributed by atoms with E-state index < -0.39 is 0 Å². The molecule has 8 heteroatoms. The molecule has 0 saturated carbocycles. The molecule has 32 heavy (non-hydrogen) atoms. The van der Waals surface area contributed by atoms with E-state index in [1.165, 1.54) is 5.56 Å². The van der Waals surface area contributed by atoms with Gasteiger partial charge in [0, 0.05) is 18.0 Å². The molecular weight excluding hydrogens is 420 g/mol. The number of aryl methyl sites for hydroxylation is 1. The average Bonchev–Trinajstić information content (AvgIpc) is 3.15. The average molecular weight is 449 g/mol. The van der Waals surface area contributed by atoms with Crippen molar-refractivity contribution in [1.82, 2.24) is 29.0 Å². The van der Waals surface area contributed by atoms with Gasteiger partial charge in [-0.25, -0.2) is 4.98 Å². The molecular formula is C24H28N6OS.